The number of rotatable bonds is 6. The van der Waals surface area contributed by atoms with Crippen molar-refractivity contribution in [2.75, 3.05) is 0 Å². The molecule has 0 atom stereocenters. The summed E-state index contributed by atoms with van der Waals surface area (Å²) in [5.74, 6) is 1.45. The summed E-state index contributed by atoms with van der Waals surface area (Å²) in [7, 11) is 0. The molecule has 0 unspecified atom stereocenters. The first-order valence-corrected chi connectivity index (χ1v) is 13.8. The molecular formula is C37H27N3O. The van der Waals surface area contributed by atoms with Gasteiger partial charge in [0.15, 0.2) is 17.3 Å². The molecule has 0 saturated carbocycles. The molecule has 0 amide bonds. The van der Waals surface area contributed by atoms with Gasteiger partial charge in [-0.2, -0.15) is 0 Å². The fourth-order valence-corrected chi connectivity index (χ4v) is 5.06. The lowest BCUT2D eigenvalue weighted by Gasteiger charge is -2.11. The van der Waals surface area contributed by atoms with Crippen LogP contribution in [0.15, 0.2) is 138 Å². The standard InChI is InChI=1S/C37H27N3O/c1-2-36-38-34-23-31(21-22-35(34)41-36)27-15-19-30(20-16-27)37-39-32(28-11-7-4-8-12-28)24-33(40-37)29-17-13-26(14-18-29)25-9-5-3-6-10-25/h3-24H,2H2,1H3. The third kappa shape index (κ3) is 5.04. The zero-order chi connectivity index (χ0) is 27.6. The van der Waals surface area contributed by atoms with E-state index in [1.165, 1.54) is 11.1 Å². The van der Waals surface area contributed by atoms with Crippen LogP contribution in [0.1, 0.15) is 12.8 Å². The van der Waals surface area contributed by atoms with Crippen molar-refractivity contribution in [3.8, 4) is 56.2 Å². The molecule has 4 nitrogen and oxygen atoms in total. The second-order valence-electron chi connectivity index (χ2n) is 9.99. The highest BCUT2D eigenvalue weighted by molar-refractivity contribution is 5.81. The Kier molecular flexibility index (Phi) is 6.42. The van der Waals surface area contributed by atoms with Gasteiger partial charge in [-0.15, -0.1) is 0 Å². The van der Waals surface area contributed by atoms with E-state index in [1.807, 2.05) is 37.3 Å². The van der Waals surface area contributed by atoms with Crippen molar-refractivity contribution in [1.82, 2.24) is 15.0 Å². The predicted octanol–water partition coefficient (Wildman–Crippen LogP) is 9.52. The maximum Gasteiger partial charge on any atom is 0.195 e. The monoisotopic (exact) mass is 529 g/mol. The summed E-state index contributed by atoms with van der Waals surface area (Å²) >= 11 is 0. The van der Waals surface area contributed by atoms with Gasteiger partial charge in [0.05, 0.1) is 11.4 Å². The van der Waals surface area contributed by atoms with Crippen LogP contribution in [0.3, 0.4) is 0 Å². The van der Waals surface area contributed by atoms with Crippen LogP contribution >= 0.6 is 0 Å². The van der Waals surface area contributed by atoms with E-state index in [9.17, 15) is 0 Å². The van der Waals surface area contributed by atoms with Crippen LogP contribution in [-0.2, 0) is 6.42 Å². The first kappa shape index (κ1) is 24.7. The van der Waals surface area contributed by atoms with Crippen LogP contribution in [0.2, 0.25) is 0 Å². The molecule has 0 aliphatic carbocycles. The number of hydrogen-bond donors (Lipinski definition) is 0. The van der Waals surface area contributed by atoms with E-state index >= 15 is 0 Å². The number of aromatic nitrogens is 3. The Hall–Kier alpha value is -5.35. The van der Waals surface area contributed by atoms with Crippen molar-refractivity contribution in [2.24, 2.45) is 0 Å². The van der Waals surface area contributed by atoms with E-state index < -0.39 is 0 Å². The minimum atomic E-state index is 0.694. The van der Waals surface area contributed by atoms with Crippen molar-refractivity contribution in [2.45, 2.75) is 13.3 Å². The van der Waals surface area contributed by atoms with Crippen LogP contribution in [0, 0.1) is 0 Å². The first-order chi connectivity index (χ1) is 20.2. The lowest BCUT2D eigenvalue weighted by atomic mass is 10.0. The van der Waals surface area contributed by atoms with Crippen molar-refractivity contribution in [3.63, 3.8) is 0 Å². The molecule has 5 aromatic carbocycles. The molecule has 196 valence electrons. The molecule has 0 fully saturated rings. The van der Waals surface area contributed by atoms with Gasteiger partial charge >= 0.3 is 0 Å². The highest BCUT2D eigenvalue weighted by atomic mass is 16.3. The van der Waals surface area contributed by atoms with Crippen LogP contribution in [0.4, 0.5) is 0 Å². The highest BCUT2D eigenvalue weighted by Gasteiger charge is 2.12. The third-order valence-electron chi connectivity index (χ3n) is 7.29. The highest BCUT2D eigenvalue weighted by Crippen LogP contribution is 2.31. The molecule has 0 N–H and O–H groups in total. The van der Waals surface area contributed by atoms with Gasteiger partial charge in [-0.25, -0.2) is 15.0 Å². The van der Waals surface area contributed by atoms with Gasteiger partial charge in [-0.1, -0.05) is 122 Å². The van der Waals surface area contributed by atoms with Gasteiger partial charge in [-0.05, 0) is 40.5 Å². The summed E-state index contributed by atoms with van der Waals surface area (Å²) in [5.41, 5.74) is 11.1. The van der Waals surface area contributed by atoms with Crippen molar-refractivity contribution in [1.29, 1.82) is 0 Å². The van der Waals surface area contributed by atoms with E-state index in [-0.39, 0.29) is 0 Å². The fraction of sp³-hybridized carbons (Fsp3) is 0.0541. The molecule has 7 rings (SSSR count). The number of aryl methyl sites for hydroxylation is 1. The zero-order valence-electron chi connectivity index (χ0n) is 22.7. The second-order valence-corrected chi connectivity index (χ2v) is 9.99. The topological polar surface area (TPSA) is 51.8 Å². The Morgan fingerprint density at radius 3 is 1.59 bits per heavy atom. The minimum Gasteiger partial charge on any atom is -0.441 e. The number of fused-ring (bicyclic) bond motifs is 1. The Morgan fingerprint density at radius 1 is 0.463 bits per heavy atom. The quantitative estimate of drug-likeness (QED) is 0.215. The molecule has 2 aromatic heterocycles. The van der Waals surface area contributed by atoms with Gasteiger partial charge < -0.3 is 4.42 Å². The van der Waals surface area contributed by atoms with Gasteiger partial charge in [0.1, 0.15) is 5.52 Å². The smallest absolute Gasteiger partial charge is 0.195 e. The van der Waals surface area contributed by atoms with E-state index in [2.05, 4.69) is 108 Å². The maximum absolute atomic E-state index is 5.78. The Balaban J connectivity index is 1.26. The van der Waals surface area contributed by atoms with Gasteiger partial charge in [0.2, 0.25) is 0 Å². The molecular weight excluding hydrogens is 502 g/mol. The SMILES string of the molecule is CCc1nc2cc(-c3ccc(-c4nc(-c5ccccc5)cc(-c5ccc(-c6ccccc6)cc5)n4)cc3)ccc2o1. The van der Waals surface area contributed by atoms with Crippen LogP contribution < -0.4 is 0 Å². The Bertz CT molecular complexity index is 1940. The number of oxazole rings is 1. The van der Waals surface area contributed by atoms with Gasteiger partial charge in [0.25, 0.3) is 0 Å². The van der Waals surface area contributed by atoms with Crippen LogP contribution in [-0.4, -0.2) is 15.0 Å². The third-order valence-corrected chi connectivity index (χ3v) is 7.29. The summed E-state index contributed by atoms with van der Waals surface area (Å²) in [6.45, 7) is 2.05. The maximum atomic E-state index is 5.78. The Labute approximate surface area is 239 Å². The molecule has 0 aliphatic heterocycles. The number of nitrogens with zero attached hydrogens (tertiary/aromatic N) is 3. The van der Waals surface area contributed by atoms with Gasteiger partial charge in [0, 0.05) is 23.1 Å². The largest absolute Gasteiger partial charge is 0.441 e. The summed E-state index contributed by atoms with van der Waals surface area (Å²) in [5, 5.41) is 0. The summed E-state index contributed by atoms with van der Waals surface area (Å²) in [6.07, 6.45) is 0.778. The van der Waals surface area contributed by atoms with Crippen LogP contribution in [0.25, 0.3) is 67.3 Å². The van der Waals surface area contributed by atoms with Crippen molar-refractivity contribution in [3.05, 3.63) is 139 Å². The molecule has 7 aromatic rings. The van der Waals surface area contributed by atoms with Crippen molar-refractivity contribution < 1.29 is 4.42 Å². The first-order valence-electron chi connectivity index (χ1n) is 13.8. The number of benzene rings is 5. The lowest BCUT2D eigenvalue weighted by molar-refractivity contribution is 0.538. The fourth-order valence-electron chi connectivity index (χ4n) is 5.06. The Morgan fingerprint density at radius 2 is 0.951 bits per heavy atom. The molecule has 4 heteroatoms. The average Bonchev–Trinajstić information content (AvgIpc) is 3.48. The van der Waals surface area contributed by atoms with E-state index in [1.54, 1.807) is 0 Å². The molecule has 0 spiro atoms. The van der Waals surface area contributed by atoms with E-state index in [4.69, 9.17) is 14.4 Å². The van der Waals surface area contributed by atoms with E-state index in [0.29, 0.717) is 5.82 Å². The second kappa shape index (κ2) is 10.7. The number of hydrogen-bond acceptors (Lipinski definition) is 4. The predicted molar refractivity (Wildman–Crippen MR) is 166 cm³/mol. The summed E-state index contributed by atoms with van der Waals surface area (Å²) in [6, 6.07) is 45.9. The molecule has 0 bridgehead atoms. The minimum absolute atomic E-state index is 0.694. The normalized spacial score (nSPS) is 11.1. The summed E-state index contributed by atoms with van der Waals surface area (Å²) < 4.78 is 5.78. The summed E-state index contributed by atoms with van der Waals surface area (Å²) in [4.78, 5) is 14.6. The van der Waals surface area contributed by atoms with Gasteiger partial charge in [-0.3, -0.25) is 0 Å². The van der Waals surface area contributed by atoms with Crippen LogP contribution in [0.5, 0.6) is 0 Å². The zero-order valence-corrected chi connectivity index (χ0v) is 22.7. The molecule has 0 radical (unpaired) electrons. The van der Waals surface area contributed by atoms with Crippen molar-refractivity contribution >= 4 is 11.1 Å². The molecule has 2 heterocycles. The molecule has 41 heavy (non-hydrogen) atoms. The molecule has 0 aliphatic rings. The van der Waals surface area contributed by atoms with E-state index in [0.717, 1.165) is 62.6 Å². The average molecular weight is 530 g/mol. The lowest BCUT2D eigenvalue weighted by Crippen LogP contribution is -1.96. The molecule has 0 saturated heterocycles.